The maximum Gasteiger partial charge on any atom is 0.420 e. The molecule has 0 spiro atoms. The lowest BCUT2D eigenvalue weighted by Crippen LogP contribution is -2.10. The van der Waals surface area contributed by atoms with E-state index in [1.807, 2.05) is 0 Å². The third-order valence-electron chi connectivity index (χ3n) is 1.76. The highest BCUT2D eigenvalue weighted by atomic mass is 79.9. The van der Waals surface area contributed by atoms with Crippen LogP contribution in [0.15, 0.2) is 27.8 Å². The fourth-order valence-corrected chi connectivity index (χ4v) is 1.45. The Labute approximate surface area is 103 Å². The van der Waals surface area contributed by atoms with Crippen molar-refractivity contribution >= 4 is 15.9 Å². The average Bonchev–Trinajstić information content (AvgIpc) is 2.25. The van der Waals surface area contributed by atoms with Gasteiger partial charge in [-0.25, -0.2) is 0 Å². The van der Waals surface area contributed by atoms with Crippen molar-refractivity contribution in [2.75, 3.05) is 13.2 Å². The molecular formula is C9H7BrF3N3O. The Balaban J connectivity index is 2.87. The summed E-state index contributed by atoms with van der Waals surface area (Å²) in [5, 5.41) is 3.16. The lowest BCUT2D eigenvalue weighted by molar-refractivity contribution is -0.139. The van der Waals surface area contributed by atoms with Crippen LogP contribution in [0.3, 0.4) is 0 Å². The average molecular weight is 310 g/mol. The molecule has 17 heavy (non-hydrogen) atoms. The smallest absolute Gasteiger partial charge is 0.420 e. The van der Waals surface area contributed by atoms with E-state index in [-0.39, 0.29) is 18.9 Å². The van der Waals surface area contributed by atoms with E-state index < -0.39 is 11.7 Å². The molecule has 0 aliphatic heterocycles. The van der Waals surface area contributed by atoms with Crippen LogP contribution >= 0.6 is 15.9 Å². The van der Waals surface area contributed by atoms with Crippen LogP contribution < -0.4 is 4.74 Å². The Hall–Kier alpha value is -1.40. The Morgan fingerprint density at radius 2 is 2.12 bits per heavy atom. The number of halogens is 4. The highest BCUT2D eigenvalue weighted by Gasteiger charge is 2.34. The monoisotopic (exact) mass is 309 g/mol. The van der Waals surface area contributed by atoms with Gasteiger partial charge in [-0.1, -0.05) is 21.0 Å². The van der Waals surface area contributed by atoms with Crippen molar-refractivity contribution in [1.29, 1.82) is 0 Å². The number of hydrogen-bond acceptors (Lipinski definition) is 2. The molecule has 0 heterocycles. The highest BCUT2D eigenvalue weighted by Crippen LogP contribution is 2.37. The normalized spacial score (nSPS) is 10.8. The van der Waals surface area contributed by atoms with Crippen molar-refractivity contribution in [3.8, 4) is 5.75 Å². The third kappa shape index (κ3) is 4.16. The third-order valence-corrected chi connectivity index (χ3v) is 2.25. The molecule has 0 unspecified atom stereocenters. The second-order valence-corrected chi connectivity index (χ2v) is 3.86. The number of nitrogens with zero attached hydrogens (tertiary/aromatic N) is 3. The molecule has 0 saturated carbocycles. The van der Waals surface area contributed by atoms with E-state index in [4.69, 9.17) is 10.3 Å². The molecule has 0 amide bonds. The Morgan fingerprint density at radius 3 is 2.71 bits per heavy atom. The van der Waals surface area contributed by atoms with Gasteiger partial charge >= 0.3 is 6.18 Å². The number of rotatable bonds is 4. The first-order valence-corrected chi connectivity index (χ1v) is 5.25. The fraction of sp³-hybridized carbons (Fsp3) is 0.333. The summed E-state index contributed by atoms with van der Waals surface area (Å²) in [5.74, 6) is -0.283. The zero-order chi connectivity index (χ0) is 12.9. The Bertz CT molecular complexity index is 444. The molecule has 0 fully saturated rings. The lowest BCUT2D eigenvalue weighted by Gasteiger charge is -2.13. The van der Waals surface area contributed by atoms with Crippen LogP contribution in [0.25, 0.3) is 10.4 Å². The number of alkyl halides is 3. The van der Waals surface area contributed by atoms with E-state index in [0.29, 0.717) is 4.47 Å². The molecule has 0 bridgehead atoms. The summed E-state index contributed by atoms with van der Waals surface area (Å²) < 4.78 is 43.1. The highest BCUT2D eigenvalue weighted by molar-refractivity contribution is 9.10. The molecule has 1 aromatic rings. The van der Waals surface area contributed by atoms with Crippen molar-refractivity contribution in [3.63, 3.8) is 0 Å². The van der Waals surface area contributed by atoms with Crippen molar-refractivity contribution in [1.82, 2.24) is 0 Å². The zero-order valence-electron chi connectivity index (χ0n) is 8.41. The first-order chi connectivity index (χ1) is 7.95. The lowest BCUT2D eigenvalue weighted by atomic mass is 10.2. The van der Waals surface area contributed by atoms with E-state index >= 15 is 0 Å². The van der Waals surface area contributed by atoms with Gasteiger partial charge in [0.1, 0.15) is 5.75 Å². The number of ether oxygens (including phenoxy) is 1. The molecule has 1 aromatic carbocycles. The van der Waals surface area contributed by atoms with E-state index in [1.165, 1.54) is 12.1 Å². The van der Waals surface area contributed by atoms with Crippen molar-refractivity contribution in [2.45, 2.75) is 6.18 Å². The SMILES string of the molecule is [N-]=[N+]=NCCOc1ccc(Br)cc1C(F)(F)F. The standard InChI is InChI=1S/C9H7BrF3N3O/c10-6-1-2-8(17-4-3-15-16-14)7(5-6)9(11,12)13/h1-2,5H,3-4H2. The first kappa shape index (κ1) is 13.7. The van der Waals surface area contributed by atoms with Gasteiger partial charge in [0.25, 0.3) is 0 Å². The topological polar surface area (TPSA) is 58.0 Å². The van der Waals surface area contributed by atoms with Gasteiger partial charge < -0.3 is 4.74 Å². The van der Waals surface area contributed by atoms with E-state index in [9.17, 15) is 13.2 Å². The molecule has 92 valence electrons. The summed E-state index contributed by atoms with van der Waals surface area (Å²) in [7, 11) is 0. The molecule has 1 rings (SSSR count). The van der Waals surface area contributed by atoms with Crippen molar-refractivity contribution in [3.05, 3.63) is 38.7 Å². The molecule has 0 saturated heterocycles. The molecule has 4 nitrogen and oxygen atoms in total. The Morgan fingerprint density at radius 1 is 1.41 bits per heavy atom. The van der Waals surface area contributed by atoms with Crippen LogP contribution in [-0.4, -0.2) is 13.2 Å². The summed E-state index contributed by atoms with van der Waals surface area (Å²) >= 11 is 2.96. The molecule has 0 aromatic heterocycles. The maximum absolute atomic E-state index is 12.6. The summed E-state index contributed by atoms with van der Waals surface area (Å²) in [5.41, 5.74) is 7.13. The molecule has 0 radical (unpaired) electrons. The molecule has 0 aliphatic carbocycles. The minimum atomic E-state index is -4.49. The largest absolute Gasteiger partial charge is 0.493 e. The molecule has 8 heteroatoms. The van der Waals surface area contributed by atoms with Gasteiger partial charge in [0.15, 0.2) is 0 Å². The quantitative estimate of drug-likeness (QED) is 0.356. The van der Waals surface area contributed by atoms with Crippen LogP contribution in [-0.2, 0) is 6.18 Å². The summed E-state index contributed by atoms with van der Waals surface area (Å²) in [6, 6.07) is 3.59. The predicted octanol–water partition coefficient (Wildman–Crippen LogP) is 4.16. The minimum absolute atomic E-state index is 0.0239. The van der Waals surface area contributed by atoms with E-state index in [0.717, 1.165) is 6.07 Å². The van der Waals surface area contributed by atoms with Gasteiger partial charge in [-0.3, -0.25) is 0 Å². The van der Waals surface area contributed by atoms with Gasteiger partial charge in [-0.15, -0.1) is 0 Å². The van der Waals surface area contributed by atoms with Crippen LogP contribution in [0.2, 0.25) is 0 Å². The number of hydrogen-bond donors (Lipinski definition) is 0. The van der Waals surface area contributed by atoms with Gasteiger partial charge in [0, 0.05) is 9.38 Å². The van der Waals surface area contributed by atoms with Crippen LogP contribution in [0.1, 0.15) is 5.56 Å². The Kier molecular flexibility index (Phi) is 4.65. The molecule has 0 N–H and O–H groups in total. The first-order valence-electron chi connectivity index (χ1n) is 4.45. The number of benzene rings is 1. The minimum Gasteiger partial charge on any atom is -0.493 e. The summed E-state index contributed by atoms with van der Waals surface area (Å²) in [6.07, 6.45) is -4.49. The van der Waals surface area contributed by atoms with Gasteiger partial charge in [0.05, 0.1) is 18.7 Å². The maximum atomic E-state index is 12.6. The van der Waals surface area contributed by atoms with Crippen molar-refractivity contribution < 1.29 is 17.9 Å². The fourth-order valence-electron chi connectivity index (χ4n) is 1.09. The second-order valence-electron chi connectivity index (χ2n) is 2.94. The molecular weight excluding hydrogens is 303 g/mol. The molecule has 0 atom stereocenters. The summed E-state index contributed by atoms with van der Waals surface area (Å²) in [6.45, 7) is -0.126. The summed E-state index contributed by atoms with van der Waals surface area (Å²) in [4.78, 5) is 2.47. The van der Waals surface area contributed by atoms with Crippen LogP contribution in [0.4, 0.5) is 13.2 Å². The van der Waals surface area contributed by atoms with Gasteiger partial charge in [0.2, 0.25) is 0 Å². The second kappa shape index (κ2) is 5.79. The zero-order valence-corrected chi connectivity index (χ0v) is 9.99. The van der Waals surface area contributed by atoms with Crippen molar-refractivity contribution in [2.24, 2.45) is 5.11 Å². The molecule has 0 aliphatic rings. The van der Waals surface area contributed by atoms with Crippen LogP contribution in [0.5, 0.6) is 5.75 Å². The van der Waals surface area contributed by atoms with Gasteiger partial charge in [-0.2, -0.15) is 13.2 Å². The number of azide groups is 1. The van der Waals surface area contributed by atoms with Crippen LogP contribution in [0, 0.1) is 0 Å². The predicted molar refractivity (Wildman–Crippen MR) is 58.7 cm³/mol. The van der Waals surface area contributed by atoms with Gasteiger partial charge in [-0.05, 0) is 23.7 Å². The van der Waals surface area contributed by atoms with E-state index in [1.54, 1.807) is 0 Å². The van der Waals surface area contributed by atoms with E-state index in [2.05, 4.69) is 26.0 Å².